The number of rotatable bonds is 5. The molecule has 0 saturated carbocycles. The van der Waals surface area contributed by atoms with Crippen LogP contribution < -0.4 is 15.8 Å². The van der Waals surface area contributed by atoms with Gasteiger partial charge in [0.25, 0.3) is 0 Å². The maximum absolute atomic E-state index is 5.63. The SMILES string of the molecule is Cc1cccc(OCCNc2cn[nH]c2N)c1. The summed E-state index contributed by atoms with van der Waals surface area (Å²) in [6, 6.07) is 7.97. The highest BCUT2D eigenvalue weighted by Gasteiger charge is 1.99. The number of benzene rings is 1. The predicted molar refractivity (Wildman–Crippen MR) is 68.2 cm³/mol. The normalized spacial score (nSPS) is 10.2. The summed E-state index contributed by atoms with van der Waals surface area (Å²) in [6.45, 7) is 3.29. The van der Waals surface area contributed by atoms with Crippen LogP contribution in [0.3, 0.4) is 0 Å². The van der Waals surface area contributed by atoms with Crippen molar-refractivity contribution in [3.8, 4) is 5.75 Å². The molecule has 0 unspecified atom stereocenters. The molecule has 1 heterocycles. The second-order valence-electron chi connectivity index (χ2n) is 3.79. The van der Waals surface area contributed by atoms with E-state index in [9.17, 15) is 0 Å². The molecule has 0 saturated heterocycles. The fraction of sp³-hybridized carbons (Fsp3) is 0.250. The first-order valence-corrected chi connectivity index (χ1v) is 5.48. The third-order valence-corrected chi connectivity index (χ3v) is 2.34. The molecule has 1 aromatic heterocycles. The highest BCUT2D eigenvalue weighted by atomic mass is 16.5. The third-order valence-electron chi connectivity index (χ3n) is 2.34. The lowest BCUT2D eigenvalue weighted by Gasteiger charge is -2.08. The molecule has 5 nitrogen and oxygen atoms in total. The lowest BCUT2D eigenvalue weighted by Crippen LogP contribution is -2.11. The Labute approximate surface area is 100.0 Å². The van der Waals surface area contributed by atoms with Crippen molar-refractivity contribution in [3.63, 3.8) is 0 Å². The number of aromatic amines is 1. The van der Waals surface area contributed by atoms with Crippen LogP contribution >= 0.6 is 0 Å². The molecular weight excluding hydrogens is 216 g/mol. The standard InChI is InChI=1S/C12H16N4O/c1-9-3-2-4-10(7-9)17-6-5-14-11-8-15-16-12(11)13/h2-4,7-8,14H,5-6H2,1H3,(H3,13,15,16). The number of anilines is 2. The lowest BCUT2D eigenvalue weighted by atomic mass is 10.2. The van der Waals surface area contributed by atoms with Gasteiger partial charge in [-0.15, -0.1) is 0 Å². The van der Waals surface area contributed by atoms with Crippen molar-refractivity contribution in [1.82, 2.24) is 10.2 Å². The van der Waals surface area contributed by atoms with Gasteiger partial charge in [0.15, 0.2) is 0 Å². The molecule has 0 aliphatic carbocycles. The Bertz CT molecular complexity index is 481. The van der Waals surface area contributed by atoms with Crippen LogP contribution in [0.5, 0.6) is 5.75 Å². The van der Waals surface area contributed by atoms with Crippen molar-refractivity contribution < 1.29 is 4.74 Å². The van der Waals surface area contributed by atoms with Crippen molar-refractivity contribution >= 4 is 11.5 Å². The second-order valence-corrected chi connectivity index (χ2v) is 3.79. The molecule has 0 aliphatic rings. The van der Waals surface area contributed by atoms with Gasteiger partial charge >= 0.3 is 0 Å². The Hall–Kier alpha value is -2.17. The van der Waals surface area contributed by atoms with Gasteiger partial charge in [0.2, 0.25) is 0 Å². The van der Waals surface area contributed by atoms with E-state index >= 15 is 0 Å². The van der Waals surface area contributed by atoms with Gasteiger partial charge in [0.05, 0.1) is 11.9 Å². The molecule has 5 heteroatoms. The minimum absolute atomic E-state index is 0.542. The summed E-state index contributed by atoms with van der Waals surface area (Å²) >= 11 is 0. The first-order chi connectivity index (χ1) is 8.25. The summed E-state index contributed by atoms with van der Waals surface area (Å²) in [5, 5.41) is 9.61. The maximum Gasteiger partial charge on any atom is 0.142 e. The van der Waals surface area contributed by atoms with Gasteiger partial charge in [0, 0.05) is 6.54 Å². The topological polar surface area (TPSA) is 76.0 Å². The van der Waals surface area contributed by atoms with Gasteiger partial charge in [-0.1, -0.05) is 12.1 Å². The number of aromatic nitrogens is 2. The van der Waals surface area contributed by atoms with Gasteiger partial charge < -0.3 is 15.8 Å². The molecule has 0 spiro atoms. The van der Waals surface area contributed by atoms with E-state index in [4.69, 9.17) is 10.5 Å². The molecule has 0 fully saturated rings. The van der Waals surface area contributed by atoms with E-state index in [0.717, 1.165) is 11.4 Å². The number of hydrogen-bond acceptors (Lipinski definition) is 4. The second kappa shape index (κ2) is 5.25. The lowest BCUT2D eigenvalue weighted by molar-refractivity contribution is 0.332. The van der Waals surface area contributed by atoms with E-state index < -0.39 is 0 Å². The molecular formula is C12H16N4O. The Kier molecular flexibility index (Phi) is 3.49. The molecule has 90 valence electrons. The quantitative estimate of drug-likeness (QED) is 0.687. The minimum Gasteiger partial charge on any atom is -0.492 e. The fourth-order valence-corrected chi connectivity index (χ4v) is 1.50. The zero-order valence-corrected chi connectivity index (χ0v) is 9.73. The van der Waals surface area contributed by atoms with Crippen LogP contribution in [0, 0.1) is 6.92 Å². The Morgan fingerprint density at radius 2 is 2.35 bits per heavy atom. The van der Waals surface area contributed by atoms with E-state index in [0.29, 0.717) is 19.0 Å². The Balaban J connectivity index is 1.75. The van der Waals surface area contributed by atoms with E-state index in [1.54, 1.807) is 6.20 Å². The van der Waals surface area contributed by atoms with E-state index in [1.807, 2.05) is 31.2 Å². The zero-order chi connectivity index (χ0) is 12.1. The molecule has 4 N–H and O–H groups in total. The number of nitrogens with two attached hydrogens (primary N) is 1. The highest BCUT2D eigenvalue weighted by Crippen LogP contribution is 2.13. The van der Waals surface area contributed by atoms with E-state index in [1.165, 1.54) is 5.56 Å². The number of nitrogen functional groups attached to an aromatic ring is 1. The molecule has 2 aromatic rings. The first kappa shape index (κ1) is 11.3. The van der Waals surface area contributed by atoms with Gasteiger partial charge in [0.1, 0.15) is 18.2 Å². The van der Waals surface area contributed by atoms with Crippen LogP contribution in [0.25, 0.3) is 0 Å². The number of nitrogens with zero attached hydrogens (tertiary/aromatic N) is 1. The Morgan fingerprint density at radius 1 is 1.47 bits per heavy atom. The van der Waals surface area contributed by atoms with Crippen molar-refractivity contribution in [1.29, 1.82) is 0 Å². The largest absolute Gasteiger partial charge is 0.492 e. The van der Waals surface area contributed by atoms with Gasteiger partial charge in [-0.2, -0.15) is 5.10 Å². The molecule has 0 bridgehead atoms. The van der Waals surface area contributed by atoms with Gasteiger partial charge in [-0.25, -0.2) is 0 Å². The van der Waals surface area contributed by atoms with Crippen molar-refractivity contribution in [2.24, 2.45) is 0 Å². The molecule has 17 heavy (non-hydrogen) atoms. The van der Waals surface area contributed by atoms with Crippen LogP contribution in [0.15, 0.2) is 30.5 Å². The summed E-state index contributed by atoms with van der Waals surface area (Å²) in [6.07, 6.45) is 1.65. The van der Waals surface area contributed by atoms with Crippen molar-refractivity contribution in [2.75, 3.05) is 24.2 Å². The monoisotopic (exact) mass is 232 g/mol. The molecule has 0 radical (unpaired) electrons. The maximum atomic E-state index is 5.63. The highest BCUT2D eigenvalue weighted by molar-refractivity contribution is 5.59. The van der Waals surface area contributed by atoms with Crippen molar-refractivity contribution in [2.45, 2.75) is 6.92 Å². The first-order valence-electron chi connectivity index (χ1n) is 5.48. The van der Waals surface area contributed by atoms with E-state index in [-0.39, 0.29) is 0 Å². The predicted octanol–water partition coefficient (Wildman–Crippen LogP) is 1.79. The number of hydrogen-bond donors (Lipinski definition) is 3. The van der Waals surface area contributed by atoms with Gasteiger partial charge in [-0.05, 0) is 24.6 Å². The summed E-state index contributed by atoms with van der Waals surface area (Å²) in [4.78, 5) is 0. The van der Waals surface area contributed by atoms with Crippen LogP contribution in [-0.2, 0) is 0 Å². The molecule has 2 rings (SSSR count). The number of nitrogens with one attached hydrogen (secondary N) is 2. The fourth-order valence-electron chi connectivity index (χ4n) is 1.50. The average Bonchev–Trinajstić information content (AvgIpc) is 2.71. The average molecular weight is 232 g/mol. The van der Waals surface area contributed by atoms with E-state index in [2.05, 4.69) is 15.5 Å². The number of ether oxygens (including phenoxy) is 1. The molecule has 0 atom stereocenters. The zero-order valence-electron chi connectivity index (χ0n) is 9.73. The summed E-state index contributed by atoms with van der Waals surface area (Å²) in [5.41, 5.74) is 7.63. The summed E-state index contributed by atoms with van der Waals surface area (Å²) in [7, 11) is 0. The van der Waals surface area contributed by atoms with Crippen molar-refractivity contribution in [3.05, 3.63) is 36.0 Å². The van der Waals surface area contributed by atoms with Gasteiger partial charge in [-0.3, -0.25) is 5.10 Å². The molecule has 0 amide bonds. The Morgan fingerprint density at radius 3 is 3.06 bits per heavy atom. The number of aryl methyl sites for hydroxylation is 1. The van der Waals surface area contributed by atoms with Crippen LogP contribution in [0.1, 0.15) is 5.56 Å². The smallest absolute Gasteiger partial charge is 0.142 e. The van der Waals surface area contributed by atoms with Crippen LogP contribution in [0.2, 0.25) is 0 Å². The molecule has 1 aromatic carbocycles. The summed E-state index contributed by atoms with van der Waals surface area (Å²) in [5.74, 6) is 1.42. The van der Waals surface area contributed by atoms with Crippen LogP contribution in [-0.4, -0.2) is 23.3 Å². The third kappa shape index (κ3) is 3.14. The van der Waals surface area contributed by atoms with Crippen LogP contribution in [0.4, 0.5) is 11.5 Å². The molecule has 0 aliphatic heterocycles. The number of H-pyrrole nitrogens is 1. The summed E-state index contributed by atoms with van der Waals surface area (Å²) < 4.78 is 5.59. The minimum atomic E-state index is 0.542.